The molecule has 0 radical (unpaired) electrons. The zero-order valence-corrected chi connectivity index (χ0v) is 8.88. The summed E-state index contributed by atoms with van der Waals surface area (Å²) in [5, 5.41) is 5.64. The Morgan fingerprint density at radius 3 is 2.80 bits per heavy atom. The molecule has 1 atom stereocenters. The standard InChI is InChI=1S/C8H13F3N2OS/c9-8(10,11)15-4-3-12-6-1-2-7(14)13-5-6/h6,12H,1-5H2,(H,13,14). The Kier molecular flexibility index (Phi) is 4.72. The van der Waals surface area contributed by atoms with Crippen molar-refractivity contribution < 1.29 is 18.0 Å². The summed E-state index contributed by atoms with van der Waals surface area (Å²) in [6, 6.07) is 0.108. The molecule has 1 aliphatic rings. The van der Waals surface area contributed by atoms with Gasteiger partial charge in [-0.05, 0) is 18.2 Å². The number of halogens is 3. The Labute approximate surface area is 90.2 Å². The minimum Gasteiger partial charge on any atom is -0.355 e. The summed E-state index contributed by atoms with van der Waals surface area (Å²) in [5.41, 5.74) is -4.15. The second kappa shape index (κ2) is 5.60. The van der Waals surface area contributed by atoms with Crippen LogP contribution in [-0.2, 0) is 4.79 Å². The number of thioether (sulfide) groups is 1. The van der Waals surface area contributed by atoms with Crippen LogP contribution in [-0.4, -0.2) is 36.3 Å². The van der Waals surface area contributed by atoms with E-state index in [9.17, 15) is 18.0 Å². The fourth-order valence-corrected chi connectivity index (χ4v) is 1.79. The molecule has 1 unspecified atom stereocenters. The van der Waals surface area contributed by atoms with Crippen LogP contribution in [0.2, 0.25) is 0 Å². The third-order valence-electron chi connectivity index (χ3n) is 2.07. The summed E-state index contributed by atoms with van der Waals surface area (Å²) in [6.07, 6.45) is 1.15. The molecule has 1 amide bonds. The predicted octanol–water partition coefficient (Wildman–Crippen LogP) is 1.11. The van der Waals surface area contributed by atoms with E-state index in [-0.39, 0.29) is 29.5 Å². The van der Waals surface area contributed by atoms with Gasteiger partial charge >= 0.3 is 5.51 Å². The number of carbonyl (C=O) groups is 1. The summed E-state index contributed by atoms with van der Waals surface area (Å²) < 4.78 is 35.3. The fraction of sp³-hybridized carbons (Fsp3) is 0.875. The summed E-state index contributed by atoms with van der Waals surface area (Å²) in [6.45, 7) is 0.820. The van der Waals surface area contributed by atoms with E-state index in [1.165, 1.54) is 0 Å². The van der Waals surface area contributed by atoms with Crippen molar-refractivity contribution in [1.82, 2.24) is 10.6 Å². The van der Waals surface area contributed by atoms with E-state index in [1.807, 2.05) is 0 Å². The Morgan fingerprint density at radius 2 is 2.27 bits per heavy atom. The van der Waals surface area contributed by atoms with Crippen LogP contribution in [0.25, 0.3) is 0 Å². The second-order valence-electron chi connectivity index (χ2n) is 3.29. The van der Waals surface area contributed by atoms with E-state index in [4.69, 9.17) is 0 Å². The van der Waals surface area contributed by atoms with Gasteiger partial charge in [-0.3, -0.25) is 4.79 Å². The summed E-state index contributed by atoms with van der Waals surface area (Å²) in [7, 11) is 0. The molecule has 0 aromatic rings. The van der Waals surface area contributed by atoms with Crippen molar-refractivity contribution in [2.45, 2.75) is 24.4 Å². The molecule has 1 heterocycles. The molecule has 1 aliphatic heterocycles. The quantitative estimate of drug-likeness (QED) is 0.726. The van der Waals surface area contributed by atoms with Crippen molar-refractivity contribution in [3.05, 3.63) is 0 Å². The molecular formula is C8H13F3N2OS. The highest BCUT2D eigenvalue weighted by atomic mass is 32.2. The van der Waals surface area contributed by atoms with Gasteiger partial charge in [-0.25, -0.2) is 0 Å². The van der Waals surface area contributed by atoms with Crippen LogP contribution in [0.1, 0.15) is 12.8 Å². The molecule has 15 heavy (non-hydrogen) atoms. The minimum atomic E-state index is -4.15. The van der Waals surface area contributed by atoms with Crippen LogP contribution in [0, 0.1) is 0 Å². The molecule has 0 aromatic carbocycles. The summed E-state index contributed by atoms with van der Waals surface area (Å²) in [5.74, 6) is 0.0197. The van der Waals surface area contributed by atoms with E-state index in [1.54, 1.807) is 0 Å². The SMILES string of the molecule is O=C1CCC(NCCSC(F)(F)F)CN1. The summed E-state index contributed by atoms with van der Waals surface area (Å²) in [4.78, 5) is 10.8. The van der Waals surface area contributed by atoms with Crippen LogP contribution >= 0.6 is 11.8 Å². The average molecular weight is 242 g/mol. The Morgan fingerprint density at radius 1 is 1.53 bits per heavy atom. The van der Waals surface area contributed by atoms with E-state index in [2.05, 4.69) is 10.6 Å². The van der Waals surface area contributed by atoms with Crippen molar-refractivity contribution in [2.75, 3.05) is 18.8 Å². The molecule has 1 saturated heterocycles. The number of nitrogens with one attached hydrogen (secondary N) is 2. The maximum atomic E-state index is 11.8. The van der Waals surface area contributed by atoms with Crippen molar-refractivity contribution in [1.29, 1.82) is 0 Å². The molecule has 1 rings (SSSR count). The van der Waals surface area contributed by atoms with E-state index in [0.29, 0.717) is 25.9 Å². The maximum Gasteiger partial charge on any atom is 0.441 e. The van der Waals surface area contributed by atoms with E-state index >= 15 is 0 Å². The molecule has 0 aromatic heterocycles. The molecule has 0 spiro atoms. The topological polar surface area (TPSA) is 41.1 Å². The van der Waals surface area contributed by atoms with Crippen LogP contribution in [0.3, 0.4) is 0 Å². The number of rotatable bonds is 4. The number of amides is 1. The van der Waals surface area contributed by atoms with E-state index in [0.717, 1.165) is 0 Å². The maximum absolute atomic E-state index is 11.8. The highest BCUT2D eigenvalue weighted by Crippen LogP contribution is 2.29. The van der Waals surface area contributed by atoms with Gasteiger partial charge in [0.1, 0.15) is 0 Å². The molecule has 0 aliphatic carbocycles. The monoisotopic (exact) mass is 242 g/mol. The first-order valence-corrected chi connectivity index (χ1v) is 5.67. The third-order valence-corrected chi connectivity index (χ3v) is 2.80. The van der Waals surface area contributed by atoms with Crippen LogP contribution < -0.4 is 10.6 Å². The molecule has 88 valence electrons. The van der Waals surface area contributed by atoms with Crippen molar-refractivity contribution in [2.24, 2.45) is 0 Å². The lowest BCUT2D eigenvalue weighted by atomic mass is 10.1. The first-order valence-electron chi connectivity index (χ1n) is 4.68. The molecule has 7 heteroatoms. The normalized spacial score (nSPS) is 22.6. The highest BCUT2D eigenvalue weighted by Gasteiger charge is 2.27. The lowest BCUT2D eigenvalue weighted by molar-refractivity contribution is -0.122. The molecule has 3 nitrogen and oxygen atoms in total. The van der Waals surface area contributed by atoms with Crippen molar-refractivity contribution in [3.8, 4) is 0 Å². The highest BCUT2D eigenvalue weighted by molar-refractivity contribution is 8.00. The lowest BCUT2D eigenvalue weighted by Crippen LogP contribution is -2.46. The Balaban J connectivity index is 2.03. The summed E-state index contributed by atoms with van der Waals surface area (Å²) >= 11 is -0.0272. The number of hydrogen-bond acceptors (Lipinski definition) is 3. The largest absolute Gasteiger partial charge is 0.441 e. The third kappa shape index (κ3) is 5.88. The first kappa shape index (κ1) is 12.6. The first-order chi connectivity index (χ1) is 6.97. The van der Waals surface area contributed by atoms with Gasteiger partial charge in [-0.2, -0.15) is 13.2 Å². The zero-order chi connectivity index (χ0) is 11.3. The smallest absolute Gasteiger partial charge is 0.355 e. The van der Waals surface area contributed by atoms with Gasteiger partial charge in [0, 0.05) is 31.3 Å². The minimum absolute atomic E-state index is 0.00788. The fourth-order valence-electron chi connectivity index (χ4n) is 1.34. The molecule has 0 bridgehead atoms. The predicted molar refractivity (Wildman–Crippen MR) is 52.5 cm³/mol. The lowest BCUT2D eigenvalue weighted by Gasteiger charge is -2.23. The van der Waals surface area contributed by atoms with Gasteiger partial charge in [-0.1, -0.05) is 0 Å². The number of piperidine rings is 1. The second-order valence-corrected chi connectivity index (χ2v) is 4.45. The van der Waals surface area contributed by atoms with Gasteiger partial charge in [0.15, 0.2) is 0 Å². The molecular weight excluding hydrogens is 229 g/mol. The van der Waals surface area contributed by atoms with E-state index < -0.39 is 5.51 Å². The van der Waals surface area contributed by atoms with Crippen LogP contribution in [0.4, 0.5) is 13.2 Å². The van der Waals surface area contributed by atoms with Gasteiger partial charge in [0.25, 0.3) is 0 Å². The number of carbonyl (C=O) groups excluding carboxylic acids is 1. The van der Waals surface area contributed by atoms with Crippen molar-refractivity contribution >= 4 is 17.7 Å². The molecule has 2 N–H and O–H groups in total. The zero-order valence-electron chi connectivity index (χ0n) is 8.06. The molecule has 0 saturated carbocycles. The van der Waals surface area contributed by atoms with Gasteiger partial charge in [0.2, 0.25) is 5.91 Å². The van der Waals surface area contributed by atoms with Gasteiger partial charge in [0.05, 0.1) is 0 Å². The van der Waals surface area contributed by atoms with Crippen LogP contribution in [0.5, 0.6) is 0 Å². The average Bonchev–Trinajstić information content (AvgIpc) is 2.14. The number of hydrogen-bond donors (Lipinski definition) is 2. The van der Waals surface area contributed by atoms with Gasteiger partial charge in [-0.15, -0.1) is 0 Å². The van der Waals surface area contributed by atoms with Crippen LogP contribution in [0.15, 0.2) is 0 Å². The number of alkyl halides is 3. The Hall–Kier alpha value is -0.430. The Bertz CT molecular complexity index is 212. The van der Waals surface area contributed by atoms with Crippen molar-refractivity contribution in [3.63, 3.8) is 0 Å². The van der Waals surface area contributed by atoms with Gasteiger partial charge < -0.3 is 10.6 Å². The molecule has 1 fully saturated rings.